The molecule has 2 amide bonds. The SMILES string of the molecule is CC1(C)CCC(=O)N(Cc2cccc(C(=O)NN)n2)CC1. The van der Waals surface area contributed by atoms with Crippen LogP contribution in [-0.4, -0.2) is 28.2 Å². The van der Waals surface area contributed by atoms with Gasteiger partial charge in [-0.1, -0.05) is 19.9 Å². The summed E-state index contributed by atoms with van der Waals surface area (Å²) in [4.78, 5) is 29.7. The number of amides is 2. The van der Waals surface area contributed by atoms with E-state index in [9.17, 15) is 9.59 Å². The van der Waals surface area contributed by atoms with E-state index in [0.717, 1.165) is 19.4 Å². The lowest BCUT2D eigenvalue weighted by Crippen LogP contribution is -2.32. The van der Waals surface area contributed by atoms with Gasteiger partial charge in [-0.2, -0.15) is 0 Å². The summed E-state index contributed by atoms with van der Waals surface area (Å²) >= 11 is 0. The lowest BCUT2D eigenvalue weighted by molar-refractivity contribution is -0.131. The Hall–Kier alpha value is -1.95. The molecule has 2 rings (SSSR count). The highest BCUT2D eigenvalue weighted by Crippen LogP contribution is 2.30. The summed E-state index contributed by atoms with van der Waals surface area (Å²) in [5, 5.41) is 0. The number of carbonyl (C=O) groups is 2. The Morgan fingerprint density at radius 2 is 2.19 bits per heavy atom. The van der Waals surface area contributed by atoms with Crippen LogP contribution in [0.2, 0.25) is 0 Å². The van der Waals surface area contributed by atoms with Gasteiger partial charge >= 0.3 is 0 Å². The fraction of sp³-hybridized carbons (Fsp3) is 0.533. The van der Waals surface area contributed by atoms with E-state index < -0.39 is 5.91 Å². The molecule has 1 saturated heterocycles. The lowest BCUT2D eigenvalue weighted by Gasteiger charge is -2.23. The van der Waals surface area contributed by atoms with Crippen molar-refractivity contribution in [3.05, 3.63) is 29.6 Å². The van der Waals surface area contributed by atoms with Gasteiger partial charge in [-0.15, -0.1) is 0 Å². The molecule has 1 fully saturated rings. The molecular weight excluding hydrogens is 268 g/mol. The van der Waals surface area contributed by atoms with Crippen molar-refractivity contribution in [2.45, 2.75) is 39.7 Å². The zero-order valence-electron chi connectivity index (χ0n) is 12.6. The van der Waals surface area contributed by atoms with Crippen LogP contribution in [0.3, 0.4) is 0 Å². The van der Waals surface area contributed by atoms with Gasteiger partial charge in [0.25, 0.3) is 5.91 Å². The lowest BCUT2D eigenvalue weighted by atomic mass is 9.85. The molecule has 0 aliphatic carbocycles. The van der Waals surface area contributed by atoms with E-state index in [-0.39, 0.29) is 17.0 Å². The third kappa shape index (κ3) is 4.01. The highest BCUT2D eigenvalue weighted by Gasteiger charge is 2.27. The van der Waals surface area contributed by atoms with E-state index in [0.29, 0.717) is 18.7 Å². The van der Waals surface area contributed by atoms with Crippen LogP contribution in [0, 0.1) is 5.41 Å². The first kappa shape index (κ1) is 15.4. The number of nitrogen functional groups attached to an aromatic ring is 1. The number of carbonyl (C=O) groups excluding carboxylic acids is 2. The van der Waals surface area contributed by atoms with Crippen molar-refractivity contribution < 1.29 is 9.59 Å². The zero-order chi connectivity index (χ0) is 15.5. The molecule has 0 aromatic carbocycles. The topological polar surface area (TPSA) is 88.3 Å². The minimum atomic E-state index is -0.430. The van der Waals surface area contributed by atoms with Gasteiger partial charge in [0.2, 0.25) is 5.91 Å². The molecule has 0 spiro atoms. The van der Waals surface area contributed by atoms with Gasteiger partial charge in [0.15, 0.2) is 0 Å². The Morgan fingerprint density at radius 3 is 2.90 bits per heavy atom. The molecule has 2 heterocycles. The summed E-state index contributed by atoms with van der Waals surface area (Å²) in [6.45, 7) is 5.53. The second kappa shape index (κ2) is 6.22. The van der Waals surface area contributed by atoms with E-state index in [2.05, 4.69) is 24.3 Å². The fourth-order valence-corrected chi connectivity index (χ4v) is 2.42. The van der Waals surface area contributed by atoms with Crippen LogP contribution in [0.15, 0.2) is 18.2 Å². The molecular formula is C15H22N4O2. The number of nitrogens with one attached hydrogen (secondary N) is 1. The smallest absolute Gasteiger partial charge is 0.283 e. The molecule has 6 heteroatoms. The van der Waals surface area contributed by atoms with Crippen LogP contribution >= 0.6 is 0 Å². The van der Waals surface area contributed by atoms with E-state index in [1.165, 1.54) is 0 Å². The molecule has 1 aliphatic rings. The second-order valence-electron chi connectivity index (χ2n) is 6.22. The number of aromatic nitrogens is 1. The summed E-state index contributed by atoms with van der Waals surface area (Å²) in [7, 11) is 0. The Balaban J connectivity index is 2.10. The minimum absolute atomic E-state index is 0.149. The predicted molar refractivity (Wildman–Crippen MR) is 78.9 cm³/mol. The van der Waals surface area contributed by atoms with E-state index in [1.54, 1.807) is 12.1 Å². The molecule has 114 valence electrons. The molecule has 1 aliphatic heterocycles. The third-order valence-electron chi connectivity index (χ3n) is 3.95. The van der Waals surface area contributed by atoms with Crippen LogP contribution < -0.4 is 11.3 Å². The molecule has 6 nitrogen and oxygen atoms in total. The summed E-state index contributed by atoms with van der Waals surface area (Å²) in [5.41, 5.74) is 3.21. The van der Waals surface area contributed by atoms with Crippen LogP contribution in [0.4, 0.5) is 0 Å². The number of nitrogens with zero attached hydrogens (tertiary/aromatic N) is 2. The Bertz CT molecular complexity index is 542. The normalized spacial score (nSPS) is 18.2. The predicted octanol–water partition coefficient (Wildman–Crippen LogP) is 1.22. The quantitative estimate of drug-likeness (QED) is 0.498. The second-order valence-corrected chi connectivity index (χ2v) is 6.22. The minimum Gasteiger partial charge on any atom is -0.337 e. The third-order valence-corrected chi connectivity index (χ3v) is 3.95. The van der Waals surface area contributed by atoms with Gasteiger partial charge < -0.3 is 4.90 Å². The number of likely N-dealkylation sites (tertiary alicyclic amines) is 1. The summed E-state index contributed by atoms with van der Waals surface area (Å²) in [6.07, 6.45) is 2.45. The first-order chi connectivity index (χ1) is 9.91. The molecule has 3 N–H and O–H groups in total. The maximum Gasteiger partial charge on any atom is 0.283 e. The van der Waals surface area contributed by atoms with Crippen molar-refractivity contribution in [1.82, 2.24) is 15.3 Å². The number of nitrogens with two attached hydrogens (primary N) is 1. The Labute approximate surface area is 124 Å². The first-order valence-electron chi connectivity index (χ1n) is 7.16. The average Bonchev–Trinajstić information content (AvgIpc) is 2.60. The highest BCUT2D eigenvalue weighted by molar-refractivity contribution is 5.91. The molecule has 0 atom stereocenters. The van der Waals surface area contributed by atoms with Crippen molar-refractivity contribution in [3.63, 3.8) is 0 Å². The largest absolute Gasteiger partial charge is 0.337 e. The fourth-order valence-electron chi connectivity index (χ4n) is 2.42. The molecule has 0 saturated carbocycles. The maximum atomic E-state index is 12.2. The first-order valence-corrected chi connectivity index (χ1v) is 7.16. The van der Waals surface area contributed by atoms with Crippen LogP contribution in [0.1, 0.15) is 49.3 Å². The molecule has 0 unspecified atom stereocenters. The van der Waals surface area contributed by atoms with Gasteiger partial charge in [0, 0.05) is 13.0 Å². The molecule has 21 heavy (non-hydrogen) atoms. The van der Waals surface area contributed by atoms with Crippen molar-refractivity contribution in [1.29, 1.82) is 0 Å². The Morgan fingerprint density at radius 1 is 1.43 bits per heavy atom. The number of hydrogen-bond donors (Lipinski definition) is 2. The average molecular weight is 290 g/mol. The van der Waals surface area contributed by atoms with Crippen LogP contribution in [0.5, 0.6) is 0 Å². The van der Waals surface area contributed by atoms with E-state index in [4.69, 9.17) is 5.84 Å². The van der Waals surface area contributed by atoms with Gasteiger partial charge in [-0.3, -0.25) is 15.0 Å². The molecule has 0 radical (unpaired) electrons. The molecule has 1 aromatic heterocycles. The van der Waals surface area contributed by atoms with Crippen molar-refractivity contribution >= 4 is 11.8 Å². The summed E-state index contributed by atoms with van der Waals surface area (Å²) < 4.78 is 0. The number of hydrogen-bond acceptors (Lipinski definition) is 4. The maximum absolute atomic E-state index is 12.2. The van der Waals surface area contributed by atoms with Gasteiger partial charge in [0.1, 0.15) is 5.69 Å². The van der Waals surface area contributed by atoms with Crippen molar-refractivity contribution in [2.24, 2.45) is 11.3 Å². The summed E-state index contributed by atoms with van der Waals surface area (Å²) in [5.74, 6) is 4.83. The van der Waals surface area contributed by atoms with Gasteiger partial charge in [-0.05, 0) is 30.4 Å². The Kier molecular flexibility index (Phi) is 4.57. The van der Waals surface area contributed by atoms with Crippen LogP contribution in [-0.2, 0) is 11.3 Å². The van der Waals surface area contributed by atoms with Gasteiger partial charge in [-0.25, -0.2) is 10.8 Å². The van der Waals surface area contributed by atoms with E-state index in [1.807, 2.05) is 11.0 Å². The number of hydrazine groups is 1. The zero-order valence-corrected chi connectivity index (χ0v) is 12.6. The summed E-state index contributed by atoms with van der Waals surface area (Å²) in [6, 6.07) is 5.16. The van der Waals surface area contributed by atoms with Crippen LogP contribution in [0.25, 0.3) is 0 Å². The number of pyridine rings is 1. The monoisotopic (exact) mass is 290 g/mol. The van der Waals surface area contributed by atoms with Gasteiger partial charge in [0.05, 0.1) is 12.2 Å². The number of rotatable bonds is 3. The van der Waals surface area contributed by atoms with Crippen molar-refractivity contribution in [3.8, 4) is 0 Å². The van der Waals surface area contributed by atoms with Crippen molar-refractivity contribution in [2.75, 3.05) is 6.54 Å². The molecule has 1 aromatic rings. The van der Waals surface area contributed by atoms with E-state index >= 15 is 0 Å². The standard InChI is InChI=1S/C15H22N4O2/c1-15(2)7-6-13(20)19(9-8-15)10-11-4-3-5-12(17-11)14(21)18-16/h3-5H,6-10,16H2,1-2H3,(H,18,21). The highest BCUT2D eigenvalue weighted by atomic mass is 16.2. The molecule has 0 bridgehead atoms.